The summed E-state index contributed by atoms with van der Waals surface area (Å²) in [7, 11) is 0. The zero-order valence-corrected chi connectivity index (χ0v) is 6.68. The van der Waals surface area contributed by atoms with Crippen LogP contribution in [0.25, 0.3) is 0 Å². The summed E-state index contributed by atoms with van der Waals surface area (Å²) >= 11 is 0. The Hall–Kier alpha value is 1.32. The third-order valence-electron chi connectivity index (χ3n) is 0. The number of rotatable bonds is 0. The van der Waals surface area contributed by atoms with Gasteiger partial charge in [-0.3, -0.25) is 0 Å². The van der Waals surface area contributed by atoms with Crippen LogP contribution in [-0.4, -0.2) is 17.4 Å². The van der Waals surface area contributed by atoms with E-state index < -0.39 is 0 Å². The van der Waals surface area contributed by atoms with E-state index in [1.54, 1.807) is 0 Å². The standard InChI is InChI=1S/Al.Hf.N.O. The van der Waals surface area contributed by atoms with Crippen LogP contribution in [0.3, 0.4) is 0 Å². The molecule has 0 rings (SSSR count). The molecule has 8 radical (unpaired) electrons. The first-order chi connectivity index (χ1) is 0. The Balaban J connectivity index is 0. The quantitative estimate of drug-likeness (QED) is 0.485. The van der Waals surface area contributed by atoms with Crippen LogP contribution >= 0.6 is 0 Å². The largest absolute Gasteiger partial charge is 0 e. The van der Waals surface area contributed by atoms with Gasteiger partial charge < -0.3 is 0 Å². The molecule has 4 heteroatoms. The van der Waals surface area contributed by atoms with Crippen LogP contribution < -0.4 is 6.15 Å². The van der Waals surface area contributed by atoms with Crippen molar-refractivity contribution in [2.24, 2.45) is 0 Å². The van der Waals surface area contributed by atoms with Gasteiger partial charge in [-0.1, -0.05) is 0 Å². The zero-order chi connectivity index (χ0) is 0. The molecule has 18 valence electrons. The second kappa shape index (κ2) is 27.3. The van der Waals surface area contributed by atoms with E-state index in [2.05, 4.69) is 0 Å². The van der Waals surface area contributed by atoms with Gasteiger partial charge in [-0.25, -0.2) is 0 Å². The monoisotopic (exact) mass is 237 g/mol. The van der Waals surface area contributed by atoms with Gasteiger partial charge in [0, 0.05) is 54.8 Å². The molecule has 0 amide bonds. The van der Waals surface area contributed by atoms with Crippen LogP contribution in [0.5, 0.6) is 0 Å². The van der Waals surface area contributed by atoms with Gasteiger partial charge in [-0.15, -0.1) is 0 Å². The van der Waals surface area contributed by atoms with Crippen LogP contribution in [0.1, 0.15) is 0 Å². The van der Waals surface area contributed by atoms with Crippen molar-refractivity contribution in [1.82, 2.24) is 6.15 Å². The molecular weight excluding hydrogens is 235 g/mol. The van der Waals surface area contributed by atoms with Crippen molar-refractivity contribution in [1.29, 1.82) is 0 Å². The summed E-state index contributed by atoms with van der Waals surface area (Å²) in [6, 6.07) is 0. The molecule has 0 aromatic heterocycles. The van der Waals surface area contributed by atoms with Gasteiger partial charge in [0.25, 0.3) is 0 Å². The van der Waals surface area contributed by atoms with Crippen LogP contribution in [0.2, 0.25) is 0 Å². The Bertz CT molecular complexity index is 8.00. The zero-order valence-electron chi connectivity index (χ0n) is 1.93. The molecule has 0 aliphatic heterocycles. The molecule has 0 unspecified atom stereocenters. The molecule has 0 heterocycles. The SMILES string of the molecule is [Al].[Hf].[N].[O]. The summed E-state index contributed by atoms with van der Waals surface area (Å²) in [5, 5.41) is 0. The number of nitrogens with zero attached hydrogens (tertiary/aromatic N) is 1. The van der Waals surface area contributed by atoms with Gasteiger partial charge in [-0.05, 0) is 0 Å². The van der Waals surface area contributed by atoms with E-state index in [-0.39, 0.29) is 54.8 Å². The molecule has 0 saturated carbocycles. The third kappa shape index (κ3) is 10.2. The molecule has 0 aromatic rings. The first-order valence-corrected chi connectivity index (χ1v) is 0. The Morgan fingerprint density at radius 3 is 1.00 bits per heavy atom. The maximum Gasteiger partial charge on any atom is 0 e. The van der Waals surface area contributed by atoms with Gasteiger partial charge in [0.1, 0.15) is 0 Å². The van der Waals surface area contributed by atoms with E-state index in [4.69, 9.17) is 0 Å². The fourth-order valence-electron chi connectivity index (χ4n) is 0. The first-order valence-electron chi connectivity index (χ1n) is 0. The van der Waals surface area contributed by atoms with E-state index >= 15 is 0 Å². The minimum absolute atomic E-state index is 0. The summed E-state index contributed by atoms with van der Waals surface area (Å²) in [6.45, 7) is 0. The summed E-state index contributed by atoms with van der Waals surface area (Å²) in [5.41, 5.74) is 0. The van der Waals surface area contributed by atoms with Crippen LogP contribution in [0, 0.1) is 0 Å². The van der Waals surface area contributed by atoms with Crippen LogP contribution in [0.4, 0.5) is 0 Å². The summed E-state index contributed by atoms with van der Waals surface area (Å²) in [5.74, 6) is 0. The van der Waals surface area contributed by atoms with Gasteiger partial charge in [0.05, 0.1) is 0 Å². The van der Waals surface area contributed by atoms with Gasteiger partial charge in [-0.2, -0.15) is 0 Å². The molecule has 0 aromatic carbocycles. The minimum atomic E-state index is 0. The van der Waals surface area contributed by atoms with E-state index in [9.17, 15) is 0 Å². The first kappa shape index (κ1) is 56.9. The molecule has 0 saturated heterocycles. The maximum absolute atomic E-state index is 0. The van der Waals surface area contributed by atoms with Crippen LogP contribution in [-0.2, 0) is 31.3 Å². The second-order valence-electron chi connectivity index (χ2n) is 0. The molecule has 0 N–H and O–H groups in total. The maximum atomic E-state index is 0. The fraction of sp³-hybridized carbons (Fsp3) is 0. The smallest absolute Gasteiger partial charge is 0 e. The predicted octanol–water partition coefficient (Wildman–Crippen LogP) is -0.983. The van der Waals surface area contributed by atoms with Gasteiger partial charge in [0.2, 0.25) is 0 Å². The summed E-state index contributed by atoms with van der Waals surface area (Å²) < 4.78 is 0. The Labute approximate surface area is 54.8 Å². The predicted molar refractivity (Wildman–Crippen MR) is 8.57 cm³/mol. The second-order valence-corrected chi connectivity index (χ2v) is 0. The van der Waals surface area contributed by atoms with Crippen molar-refractivity contribution in [2.45, 2.75) is 0 Å². The average molecular weight is 235 g/mol. The van der Waals surface area contributed by atoms with E-state index in [1.165, 1.54) is 0 Å². The summed E-state index contributed by atoms with van der Waals surface area (Å²) in [4.78, 5) is 0. The molecular formula is AlHfNO. The Kier molecular flexibility index (Phi) is 388. The molecule has 4 heavy (non-hydrogen) atoms. The minimum Gasteiger partial charge on any atom is 0 e. The normalized spacial score (nSPS) is 0. The van der Waals surface area contributed by atoms with E-state index in [0.717, 1.165) is 0 Å². The molecule has 0 aliphatic carbocycles. The fourth-order valence-corrected chi connectivity index (χ4v) is 0. The van der Waals surface area contributed by atoms with E-state index in [1.807, 2.05) is 0 Å². The molecule has 0 aliphatic rings. The average Bonchev–Trinajstić information content (AvgIpc) is 0. The number of hydrogen-bond acceptors (Lipinski definition) is 0. The van der Waals surface area contributed by atoms with Crippen molar-refractivity contribution >= 4 is 17.4 Å². The Morgan fingerprint density at radius 2 is 1.00 bits per heavy atom. The van der Waals surface area contributed by atoms with Crippen molar-refractivity contribution in [3.05, 3.63) is 0 Å². The van der Waals surface area contributed by atoms with Gasteiger partial charge in [0.15, 0.2) is 0 Å². The van der Waals surface area contributed by atoms with E-state index in [0.29, 0.717) is 0 Å². The van der Waals surface area contributed by atoms with Crippen molar-refractivity contribution in [3.8, 4) is 0 Å². The Morgan fingerprint density at radius 1 is 1.00 bits per heavy atom. The molecule has 0 bridgehead atoms. The van der Waals surface area contributed by atoms with Crippen molar-refractivity contribution < 1.29 is 31.3 Å². The number of hydrogen-bond donors (Lipinski definition) is 0. The summed E-state index contributed by atoms with van der Waals surface area (Å²) in [6.07, 6.45) is 0. The molecule has 2 nitrogen and oxygen atoms in total. The van der Waals surface area contributed by atoms with Crippen molar-refractivity contribution in [3.63, 3.8) is 0 Å². The third-order valence-corrected chi connectivity index (χ3v) is 0. The molecule has 0 spiro atoms. The van der Waals surface area contributed by atoms with Gasteiger partial charge >= 0.3 is 0 Å². The molecule has 0 atom stereocenters. The van der Waals surface area contributed by atoms with Crippen LogP contribution in [0.15, 0.2) is 0 Å². The van der Waals surface area contributed by atoms with Crippen molar-refractivity contribution in [2.75, 3.05) is 0 Å². The topological polar surface area (TPSA) is 59.0 Å². The molecule has 0 fully saturated rings.